The minimum absolute atomic E-state index is 0.00403. The van der Waals surface area contributed by atoms with Crippen LogP contribution in [0.5, 0.6) is 0 Å². The number of hydrogen-bond donors (Lipinski definition) is 1. The van der Waals surface area contributed by atoms with Gasteiger partial charge in [-0.3, -0.25) is 0 Å². The Morgan fingerprint density at radius 2 is 1.65 bits per heavy atom. The Bertz CT molecular complexity index is 645. The molecule has 106 valence electrons. The van der Waals surface area contributed by atoms with Gasteiger partial charge in [0.15, 0.2) is 0 Å². The van der Waals surface area contributed by atoms with Gasteiger partial charge in [0.05, 0.1) is 26.8 Å². The third kappa shape index (κ3) is 3.15. The maximum atomic E-state index is 13.5. The number of halogens is 5. The van der Waals surface area contributed by atoms with E-state index in [1.807, 2.05) is 6.92 Å². The van der Waals surface area contributed by atoms with Gasteiger partial charge in [-0.25, -0.2) is 4.39 Å². The third-order valence-corrected chi connectivity index (χ3v) is 4.37. The zero-order chi connectivity index (χ0) is 14.9. The first kappa shape index (κ1) is 15.7. The van der Waals surface area contributed by atoms with Crippen molar-refractivity contribution in [2.24, 2.45) is 0 Å². The van der Waals surface area contributed by atoms with Crippen LogP contribution in [0.25, 0.3) is 0 Å². The van der Waals surface area contributed by atoms with Crippen molar-refractivity contribution in [1.29, 1.82) is 0 Å². The van der Waals surface area contributed by atoms with Crippen molar-refractivity contribution in [2.45, 2.75) is 13.0 Å². The summed E-state index contributed by atoms with van der Waals surface area (Å²) in [6, 6.07) is 7.58. The average molecular weight is 353 g/mol. The summed E-state index contributed by atoms with van der Waals surface area (Å²) < 4.78 is 13.5. The SMILES string of the molecule is CC(Nc1cccc(Cl)c1Cl)c1c(Cl)ccc(F)c1Cl. The van der Waals surface area contributed by atoms with Crippen LogP contribution in [0.4, 0.5) is 10.1 Å². The monoisotopic (exact) mass is 351 g/mol. The van der Waals surface area contributed by atoms with Crippen LogP contribution in [0.1, 0.15) is 18.5 Å². The second-order valence-corrected chi connectivity index (χ2v) is 5.79. The summed E-state index contributed by atoms with van der Waals surface area (Å²) in [7, 11) is 0. The smallest absolute Gasteiger partial charge is 0.142 e. The predicted octanol–water partition coefficient (Wildman–Crippen LogP) is 6.61. The minimum atomic E-state index is -0.517. The number of rotatable bonds is 3. The summed E-state index contributed by atoms with van der Waals surface area (Å²) in [5.74, 6) is -0.517. The molecule has 1 unspecified atom stereocenters. The van der Waals surface area contributed by atoms with Crippen molar-refractivity contribution in [3.05, 3.63) is 61.8 Å². The second kappa shape index (κ2) is 6.40. The number of nitrogens with one attached hydrogen (secondary N) is 1. The lowest BCUT2D eigenvalue weighted by Crippen LogP contribution is -2.09. The van der Waals surface area contributed by atoms with Crippen LogP contribution in [0, 0.1) is 5.82 Å². The highest BCUT2D eigenvalue weighted by Crippen LogP contribution is 2.36. The molecule has 0 bridgehead atoms. The van der Waals surface area contributed by atoms with Gasteiger partial charge in [-0.05, 0) is 31.2 Å². The van der Waals surface area contributed by atoms with Gasteiger partial charge >= 0.3 is 0 Å². The molecule has 0 fully saturated rings. The molecular weight excluding hydrogens is 343 g/mol. The Morgan fingerprint density at radius 3 is 2.35 bits per heavy atom. The molecule has 0 heterocycles. The fraction of sp³-hybridized carbons (Fsp3) is 0.143. The summed E-state index contributed by atoms with van der Waals surface area (Å²) in [5.41, 5.74) is 1.10. The lowest BCUT2D eigenvalue weighted by molar-refractivity contribution is 0.624. The van der Waals surface area contributed by atoms with Crippen molar-refractivity contribution >= 4 is 52.1 Å². The number of anilines is 1. The first-order valence-corrected chi connectivity index (χ1v) is 7.27. The summed E-state index contributed by atoms with van der Waals surface area (Å²) in [4.78, 5) is 0. The molecule has 2 rings (SSSR count). The zero-order valence-electron chi connectivity index (χ0n) is 10.4. The van der Waals surface area contributed by atoms with E-state index in [9.17, 15) is 4.39 Å². The van der Waals surface area contributed by atoms with Crippen LogP contribution in [0.15, 0.2) is 30.3 Å². The van der Waals surface area contributed by atoms with Crippen LogP contribution in [0.2, 0.25) is 20.1 Å². The molecule has 2 aromatic rings. The van der Waals surface area contributed by atoms with Gasteiger partial charge in [-0.1, -0.05) is 52.5 Å². The molecule has 0 amide bonds. The van der Waals surface area contributed by atoms with Gasteiger partial charge < -0.3 is 5.32 Å². The topological polar surface area (TPSA) is 12.0 Å². The Balaban J connectivity index is 2.36. The highest BCUT2D eigenvalue weighted by Gasteiger charge is 2.18. The Kier molecular flexibility index (Phi) is 5.03. The first-order valence-electron chi connectivity index (χ1n) is 5.75. The molecule has 1 nitrogen and oxygen atoms in total. The largest absolute Gasteiger partial charge is 0.377 e. The van der Waals surface area contributed by atoms with Crippen molar-refractivity contribution < 1.29 is 4.39 Å². The first-order chi connectivity index (χ1) is 9.41. The van der Waals surface area contributed by atoms with Gasteiger partial charge in [0.25, 0.3) is 0 Å². The molecule has 2 aromatic carbocycles. The molecule has 1 N–H and O–H groups in total. The lowest BCUT2D eigenvalue weighted by atomic mass is 10.1. The Labute approximate surface area is 136 Å². The molecule has 0 aliphatic carbocycles. The van der Waals surface area contributed by atoms with Crippen molar-refractivity contribution in [2.75, 3.05) is 5.32 Å². The van der Waals surface area contributed by atoms with E-state index in [1.54, 1.807) is 18.2 Å². The van der Waals surface area contributed by atoms with Gasteiger partial charge in [0.2, 0.25) is 0 Å². The average Bonchev–Trinajstić information content (AvgIpc) is 2.40. The van der Waals surface area contributed by atoms with E-state index < -0.39 is 5.82 Å². The quantitative estimate of drug-likeness (QED) is 0.612. The normalized spacial score (nSPS) is 12.3. The molecule has 0 saturated carbocycles. The second-order valence-electron chi connectivity index (χ2n) is 4.22. The van der Waals surface area contributed by atoms with E-state index in [2.05, 4.69) is 5.32 Å². The third-order valence-electron chi connectivity index (χ3n) is 2.84. The Hall–Kier alpha value is -0.670. The summed E-state index contributed by atoms with van der Waals surface area (Å²) in [5, 5.41) is 4.33. The van der Waals surface area contributed by atoms with E-state index in [4.69, 9.17) is 46.4 Å². The van der Waals surface area contributed by atoms with E-state index >= 15 is 0 Å². The minimum Gasteiger partial charge on any atom is -0.377 e. The van der Waals surface area contributed by atoms with Gasteiger partial charge in [-0.2, -0.15) is 0 Å². The highest BCUT2D eigenvalue weighted by atomic mass is 35.5. The highest BCUT2D eigenvalue weighted by molar-refractivity contribution is 6.43. The molecule has 0 aromatic heterocycles. The molecule has 1 atom stereocenters. The van der Waals surface area contributed by atoms with E-state index in [-0.39, 0.29) is 11.1 Å². The number of benzene rings is 2. The van der Waals surface area contributed by atoms with E-state index in [1.165, 1.54) is 12.1 Å². The van der Waals surface area contributed by atoms with Gasteiger partial charge in [0.1, 0.15) is 5.82 Å². The molecule has 20 heavy (non-hydrogen) atoms. The lowest BCUT2D eigenvalue weighted by Gasteiger charge is -2.19. The van der Waals surface area contributed by atoms with Crippen LogP contribution < -0.4 is 5.32 Å². The fourth-order valence-electron chi connectivity index (χ4n) is 1.86. The van der Waals surface area contributed by atoms with Crippen LogP contribution in [-0.2, 0) is 0 Å². The summed E-state index contributed by atoms with van der Waals surface area (Å²) >= 11 is 24.1. The van der Waals surface area contributed by atoms with E-state index in [0.29, 0.717) is 26.3 Å². The van der Waals surface area contributed by atoms with Crippen LogP contribution >= 0.6 is 46.4 Å². The molecule has 0 aliphatic rings. The predicted molar refractivity (Wildman–Crippen MR) is 84.9 cm³/mol. The number of hydrogen-bond acceptors (Lipinski definition) is 1. The fourth-order valence-corrected chi connectivity index (χ4v) is 2.91. The van der Waals surface area contributed by atoms with Crippen molar-refractivity contribution in [3.63, 3.8) is 0 Å². The van der Waals surface area contributed by atoms with Crippen LogP contribution in [0.3, 0.4) is 0 Å². The maximum absolute atomic E-state index is 13.5. The van der Waals surface area contributed by atoms with E-state index in [0.717, 1.165) is 0 Å². The van der Waals surface area contributed by atoms with Gasteiger partial charge in [0, 0.05) is 10.6 Å². The van der Waals surface area contributed by atoms with Crippen molar-refractivity contribution in [3.8, 4) is 0 Å². The molecular formula is C14H10Cl4FN. The van der Waals surface area contributed by atoms with Crippen LogP contribution in [-0.4, -0.2) is 0 Å². The molecule has 0 saturated heterocycles. The zero-order valence-corrected chi connectivity index (χ0v) is 13.4. The summed E-state index contributed by atoms with van der Waals surface area (Å²) in [6.45, 7) is 1.81. The van der Waals surface area contributed by atoms with Gasteiger partial charge in [-0.15, -0.1) is 0 Å². The molecule has 0 spiro atoms. The standard InChI is InChI=1S/C14H10Cl4FN/c1-7(12-8(15)5-6-10(19)14(12)18)20-11-4-2-3-9(16)13(11)17/h2-7,20H,1H3. The molecule has 6 heteroatoms. The molecule has 0 radical (unpaired) electrons. The molecule has 0 aliphatic heterocycles. The summed E-state index contributed by atoms with van der Waals surface area (Å²) in [6.07, 6.45) is 0. The van der Waals surface area contributed by atoms with Crippen molar-refractivity contribution in [1.82, 2.24) is 0 Å². The maximum Gasteiger partial charge on any atom is 0.142 e. The Morgan fingerprint density at radius 1 is 0.950 bits per heavy atom.